The highest BCUT2D eigenvalue weighted by atomic mass is 32.2. The third kappa shape index (κ3) is 3.51. The second-order valence-electron chi connectivity index (χ2n) is 4.59. The number of benzene rings is 1. The van der Waals surface area contributed by atoms with Crippen LogP contribution in [0, 0.1) is 18.7 Å². The molecule has 1 aromatic carbocycles. The van der Waals surface area contributed by atoms with E-state index in [-0.39, 0.29) is 12.5 Å². The molecule has 6 heteroatoms. The van der Waals surface area contributed by atoms with E-state index in [1.165, 1.54) is 12.1 Å². The summed E-state index contributed by atoms with van der Waals surface area (Å²) in [7, 11) is -3.95. The standard InChI is InChI=1S/C12H18FNO3S/c1-8(2)11(7-15)14-18(16,17)12-5-4-9(3)6-10(12)13/h4-6,8,11,14-15H,7H2,1-3H3/t11-/m1/s1. The lowest BCUT2D eigenvalue weighted by Gasteiger charge is -2.20. The Labute approximate surface area is 107 Å². The van der Waals surface area contributed by atoms with E-state index in [2.05, 4.69) is 4.72 Å². The number of aliphatic hydroxyl groups is 1. The summed E-state index contributed by atoms with van der Waals surface area (Å²) in [6.45, 7) is 4.89. The molecule has 1 aromatic rings. The lowest BCUT2D eigenvalue weighted by Crippen LogP contribution is -2.41. The van der Waals surface area contributed by atoms with Gasteiger partial charge in [-0.3, -0.25) is 0 Å². The monoisotopic (exact) mass is 275 g/mol. The maximum absolute atomic E-state index is 13.6. The average molecular weight is 275 g/mol. The third-order valence-electron chi connectivity index (χ3n) is 2.68. The molecule has 0 saturated heterocycles. The summed E-state index contributed by atoms with van der Waals surface area (Å²) in [5.41, 5.74) is 0.647. The Hall–Kier alpha value is -0.980. The third-order valence-corrected chi connectivity index (χ3v) is 4.21. The lowest BCUT2D eigenvalue weighted by molar-refractivity contribution is 0.227. The van der Waals surface area contributed by atoms with Crippen LogP contribution in [0.25, 0.3) is 0 Å². The molecule has 0 saturated carbocycles. The van der Waals surface area contributed by atoms with Gasteiger partial charge in [-0.25, -0.2) is 17.5 Å². The molecule has 0 aromatic heterocycles. The average Bonchev–Trinajstić information content (AvgIpc) is 2.24. The van der Waals surface area contributed by atoms with E-state index in [9.17, 15) is 12.8 Å². The smallest absolute Gasteiger partial charge is 0.243 e. The molecule has 4 nitrogen and oxygen atoms in total. The van der Waals surface area contributed by atoms with Crippen LogP contribution in [0.4, 0.5) is 4.39 Å². The molecule has 0 unspecified atom stereocenters. The van der Waals surface area contributed by atoms with Crippen LogP contribution in [0.15, 0.2) is 23.1 Å². The molecule has 0 aliphatic carbocycles. The number of hydrogen-bond donors (Lipinski definition) is 2. The van der Waals surface area contributed by atoms with Gasteiger partial charge in [0.1, 0.15) is 10.7 Å². The zero-order valence-corrected chi connectivity index (χ0v) is 11.5. The van der Waals surface area contributed by atoms with Gasteiger partial charge in [-0.2, -0.15) is 0 Å². The molecule has 0 heterocycles. The molecule has 0 radical (unpaired) electrons. The molecule has 0 spiro atoms. The normalized spacial score (nSPS) is 13.9. The molecular weight excluding hydrogens is 257 g/mol. The fraction of sp³-hybridized carbons (Fsp3) is 0.500. The summed E-state index contributed by atoms with van der Waals surface area (Å²) in [6, 6.07) is 3.29. The first-order valence-electron chi connectivity index (χ1n) is 5.67. The Morgan fingerprint density at radius 2 is 2.00 bits per heavy atom. The van der Waals surface area contributed by atoms with Crippen molar-refractivity contribution in [3.05, 3.63) is 29.6 Å². The lowest BCUT2D eigenvalue weighted by atomic mass is 10.1. The number of aryl methyl sites for hydroxylation is 1. The summed E-state index contributed by atoms with van der Waals surface area (Å²) >= 11 is 0. The summed E-state index contributed by atoms with van der Waals surface area (Å²) in [6.07, 6.45) is 0. The first-order chi connectivity index (χ1) is 8.27. The van der Waals surface area contributed by atoms with Crippen molar-refractivity contribution < 1.29 is 17.9 Å². The van der Waals surface area contributed by atoms with Crippen LogP contribution < -0.4 is 4.72 Å². The number of rotatable bonds is 5. The van der Waals surface area contributed by atoms with Crippen LogP contribution in [-0.2, 0) is 10.0 Å². The summed E-state index contributed by atoms with van der Waals surface area (Å²) in [5.74, 6) is -0.874. The largest absolute Gasteiger partial charge is 0.395 e. The van der Waals surface area contributed by atoms with Gasteiger partial charge in [0.05, 0.1) is 6.61 Å². The van der Waals surface area contributed by atoms with Gasteiger partial charge in [0.2, 0.25) is 10.0 Å². The Morgan fingerprint density at radius 1 is 1.39 bits per heavy atom. The quantitative estimate of drug-likeness (QED) is 0.854. The topological polar surface area (TPSA) is 66.4 Å². The Bertz CT molecular complexity index is 514. The van der Waals surface area contributed by atoms with E-state index in [1.807, 2.05) is 0 Å². The SMILES string of the molecule is Cc1ccc(S(=O)(=O)N[C@H](CO)C(C)C)c(F)c1. The van der Waals surface area contributed by atoms with Crippen LogP contribution in [0.3, 0.4) is 0 Å². The predicted molar refractivity (Wildman–Crippen MR) is 67.2 cm³/mol. The Morgan fingerprint density at radius 3 is 2.44 bits per heavy atom. The first kappa shape index (κ1) is 15.1. The van der Waals surface area contributed by atoms with Crippen LogP contribution in [-0.4, -0.2) is 26.2 Å². The van der Waals surface area contributed by atoms with E-state index >= 15 is 0 Å². The number of aliphatic hydroxyl groups excluding tert-OH is 1. The summed E-state index contributed by atoms with van der Waals surface area (Å²) in [5, 5.41) is 9.10. The van der Waals surface area contributed by atoms with E-state index in [4.69, 9.17) is 5.11 Å². The van der Waals surface area contributed by atoms with Gasteiger partial charge < -0.3 is 5.11 Å². The Kier molecular flexibility index (Phi) is 4.84. The van der Waals surface area contributed by atoms with Crippen LogP contribution in [0.5, 0.6) is 0 Å². The van der Waals surface area contributed by atoms with E-state index in [1.54, 1.807) is 20.8 Å². The number of halogens is 1. The van der Waals surface area contributed by atoms with Crippen molar-refractivity contribution in [3.63, 3.8) is 0 Å². The van der Waals surface area contributed by atoms with Crippen molar-refractivity contribution in [2.24, 2.45) is 5.92 Å². The van der Waals surface area contributed by atoms with Crippen molar-refractivity contribution in [3.8, 4) is 0 Å². The van der Waals surface area contributed by atoms with Crippen molar-refractivity contribution in [1.29, 1.82) is 0 Å². The number of hydrogen-bond acceptors (Lipinski definition) is 3. The van der Waals surface area contributed by atoms with E-state index in [0.29, 0.717) is 5.56 Å². The molecule has 18 heavy (non-hydrogen) atoms. The zero-order chi connectivity index (χ0) is 13.9. The second-order valence-corrected chi connectivity index (χ2v) is 6.27. The van der Waals surface area contributed by atoms with Gasteiger partial charge in [0.25, 0.3) is 0 Å². The maximum Gasteiger partial charge on any atom is 0.243 e. The summed E-state index contributed by atoms with van der Waals surface area (Å²) in [4.78, 5) is -0.396. The van der Waals surface area contributed by atoms with Crippen molar-refractivity contribution in [1.82, 2.24) is 4.72 Å². The predicted octanol–water partition coefficient (Wildman–Crippen LogP) is 1.43. The number of sulfonamides is 1. The summed E-state index contributed by atoms with van der Waals surface area (Å²) < 4.78 is 39.9. The van der Waals surface area contributed by atoms with Gasteiger partial charge in [0, 0.05) is 6.04 Å². The number of nitrogens with one attached hydrogen (secondary N) is 1. The minimum absolute atomic E-state index is 0.0849. The highest BCUT2D eigenvalue weighted by molar-refractivity contribution is 7.89. The van der Waals surface area contributed by atoms with E-state index < -0.39 is 26.8 Å². The fourth-order valence-corrected chi connectivity index (χ4v) is 2.91. The van der Waals surface area contributed by atoms with Gasteiger partial charge in [-0.15, -0.1) is 0 Å². The second kappa shape index (κ2) is 5.77. The Balaban J connectivity index is 3.06. The van der Waals surface area contributed by atoms with Crippen molar-refractivity contribution in [2.45, 2.75) is 31.7 Å². The molecule has 0 fully saturated rings. The van der Waals surface area contributed by atoms with Crippen LogP contribution in [0.2, 0.25) is 0 Å². The minimum atomic E-state index is -3.95. The molecule has 2 N–H and O–H groups in total. The fourth-order valence-electron chi connectivity index (χ4n) is 1.47. The van der Waals surface area contributed by atoms with Gasteiger partial charge >= 0.3 is 0 Å². The van der Waals surface area contributed by atoms with Crippen molar-refractivity contribution in [2.75, 3.05) is 6.61 Å². The van der Waals surface area contributed by atoms with Gasteiger partial charge in [-0.1, -0.05) is 19.9 Å². The van der Waals surface area contributed by atoms with Crippen LogP contribution in [0.1, 0.15) is 19.4 Å². The minimum Gasteiger partial charge on any atom is -0.395 e. The molecular formula is C12H18FNO3S. The zero-order valence-electron chi connectivity index (χ0n) is 10.6. The molecule has 0 amide bonds. The molecule has 0 aliphatic heterocycles. The molecule has 0 aliphatic rings. The van der Waals surface area contributed by atoms with E-state index in [0.717, 1.165) is 6.07 Å². The van der Waals surface area contributed by atoms with Gasteiger partial charge in [-0.05, 0) is 30.5 Å². The molecule has 0 bridgehead atoms. The maximum atomic E-state index is 13.6. The van der Waals surface area contributed by atoms with Crippen LogP contribution >= 0.6 is 0 Å². The highest BCUT2D eigenvalue weighted by Crippen LogP contribution is 2.17. The van der Waals surface area contributed by atoms with Gasteiger partial charge in [0.15, 0.2) is 0 Å². The molecule has 1 rings (SSSR count). The first-order valence-corrected chi connectivity index (χ1v) is 7.15. The molecule has 1 atom stereocenters. The van der Waals surface area contributed by atoms with Crippen molar-refractivity contribution >= 4 is 10.0 Å². The highest BCUT2D eigenvalue weighted by Gasteiger charge is 2.24. The molecule has 102 valence electrons.